The fourth-order valence-corrected chi connectivity index (χ4v) is 5.31. The first-order valence-corrected chi connectivity index (χ1v) is 9.31. The van der Waals surface area contributed by atoms with E-state index in [9.17, 15) is 0 Å². The molecule has 2 rings (SSSR count). The van der Waals surface area contributed by atoms with Crippen molar-refractivity contribution >= 4 is 8.32 Å². The number of epoxide rings is 2. The predicted molar refractivity (Wildman–Crippen MR) is 69.3 cm³/mol. The molecular weight excluding hydrogens is 234 g/mol. The van der Waals surface area contributed by atoms with Crippen LogP contribution in [0.5, 0.6) is 0 Å². The van der Waals surface area contributed by atoms with Crippen LogP contribution in [-0.4, -0.2) is 52.5 Å². The highest BCUT2D eigenvalue weighted by molar-refractivity contribution is 6.73. The molecule has 0 saturated carbocycles. The fourth-order valence-electron chi connectivity index (χ4n) is 2.52. The van der Waals surface area contributed by atoms with Crippen LogP contribution in [-0.2, 0) is 13.9 Å². The van der Waals surface area contributed by atoms with Gasteiger partial charge in [0, 0.05) is 13.7 Å². The largest absolute Gasteiger partial charge is 0.420 e. The maximum absolute atomic E-state index is 5.83. The number of ether oxygens (including phenoxy) is 2. The SMILES string of the molecule is CC[Si](CC)(CCCN(C1CO1)C1CO1)OC. The molecule has 0 aliphatic carbocycles. The van der Waals surface area contributed by atoms with Crippen LogP contribution < -0.4 is 0 Å². The van der Waals surface area contributed by atoms with Crippen molar-refractivity contribution in [3.8, 4) is 0 Å². The molecule has 2 heterocycles. The molecule has 2 aliphatic rings. The normalized spacial score (nSPS) is 27.5. The summed E-state index contributed by atoms with van der Waals surface area (Å²) in [5.74, 6) is 0. The van der Waals surface area contributed by atoms with Gasteiger partial charge >= 0.3 is 0 Å². The second-order valence-electron chi connectivity index (χ2n) is 5.01. The minimum absolute atomic E-state index is 0.337. The first kappa shape index (κ1) is 13.5. The third kappa shape index (κ3) is 3.51. The molecule has 2 unspecified atom stereocenters. The van der Waals surface area contributed by atoms with E-state index in [1.54, 1.807) is 0 Å². The molecule has 2 aliphatic heterocycles. The molecule has 4 nitrogen and oxygen atoms in total. The predicted octanol–water partition coefficient (Wildman–Crippen LogP) is 2.02. The Labute approximate surface area is 105 Å². The second kappa shape index (κ2) is 5.80. The van der Waals surface area contributed by atoms with Crippen LogP contribution in [0.15, 0.2) is 0 Å². The molecule has 2 atom stereocenters. The summed E-state index contributed by atoms with van der Waals surface area (Å²) in [6.07, 6.45) is 1.88. The first-order valence-electron chi connectivity index (χ1n) is 6.79. The average molecular weight is 259 g/mol. The smallest absolute Gasteiger partial charge is 0.191 e. The topological polar surface area (TPSA) is 37.5 Å². The van der Waals surface area contributed by atoms with E-state index in [2.05, 4.69) is 18.7 Å². The Balaban J connectivity index is 1.73. The molecule has 0 radical (unpaired) electrons. The molecule has 0 N–H and O–H groups in total. The summed E-state index contributed by atoms with van der Waals surface area (Å²) < 4.78 is 16.5. The van der Waals surface area contributed by atoms with Crippen molar-refractivity contribution in [2.75, 3.05) is 26.9 Å². The van der Waals surface area contributed by atoms with Crippen LogP contribution in [0, 0.1) is 0 Å². The monoisotopic (exact) mass is 259 g/mol. The van der Waals surface area contributed by atoms with E-state index in [1.807, 2.05) is 7.11 Å². The molecule has 0 aromatic heterocycles. The molecular formula is C12H25NO3Si. The third-order valence-corrected chi connectivity index (χ3v) is 8.85. The maximum Gasteiger partial charge on any atom is 0.191 e. The Bertz CT molecular complexity index is 220. The number of rotatable bonds is 9. The zero-order chi connectivity index (χ0) is 12.3. The number of hydrogen-bond acceptors (Lipinski definition) is 4. The van der Waals surface area contributed by atoms with Gasteiger partial charge in [0.1, 0.15) is 12.5 Å². The van der Waals surface area contributed by atoms with Crippen LogP contribution in [0.3, 0.4) is 0 Å². The van der Waals surface area contributed by atoms with E-state index in [0.29, 0.717) is 12.5 Å². The van der Waals surface area contributed by atoms with Crippen molar-refractivity contribution in [3.05, 3.63) is 0 Å². The molecule has 0 amide bonds. The minimum atomic E-state index is -1.42. The quantitative estimate of drug-likeness (QED) is 0.469. The molecule has 0 aromatic carbocycles. The summed E-state index contributed by atoms with van der Waals surface area (Å²) in [4.78, 5) is 2.36. The van der Waals surface area contributed by atoms with Crippen LogP contribution in [0.2, 0.25) is 18.1 Å². The second-order valence-corrected chi connectivity index (χ2v) is 9.70. The van der Waals surface area contributed by atoms with Gasteiger partial charge < -0.3 is 13.9 Å². The summed E-state index contributed by atoms with van der Waals surface area (Å²) >= 11 is 0. The van der Waals surface area contributed by atoms with E-state index in [1.165, 1.54) is 24.6 Å². The zero-order valence-corrected chi connectivity index (χ0v) is 12.3. The Morgan fingerprint density at radius 3 is 2.06 bits per heavy atom. The van der Waals surface area contributed by atoms with E-state index in [0.717, 1.165) is 19.8 Å². The van der Waals surface area contributed by atoms with Gasteiger partial charge in [-0.3, -0.25) is 0 Å². The summed E-state index contributed by atoms with van der Waals surface area (Å²) in [6, 6.07) is 3.70. The molecule has 2 saturated heterocycles. The van der Waals surface area contributed by atoms with Crippen LogP contribution in [0.4, 0.5) is 0 Å². The van der Waals surface area contributed by atoms with Gasteiger partial charge in [-0.25, -0.2) is 4.90 Å². The van der Waals surface area contributed by atoms with E-state index >= 15 is 0 Å². The Morgan fingerprint density at radius 2 is 1.71 bits per heavy atom. The van der Waals surface area contributed by atoms with Gasteiger partial charge in [0.15, 0.2) is 8.32 Å². The molecule has 100 valence electrons. The van der Waals surface area contributed by atoms with Gasteiger partial charge in [0.2, 0.25) is 0 Å². The lowest BCUT2D eigenvalue weighted by molar-refractivity contribution is 0.113. The van der Waals surface area contributed by atoms with Crippen LogP contribution in [0.1, 0.15) is 20.3 Å². The van der Waals surface area contributed by atoms with E-state index in [-0.39, 0.29) is 0 Å². The van der Waals surface area contributed by atoms with Gasteiger partial charge in [-0.15, -0.1) is 0 Å². The van der Waals surface area contributed by atoms with Crippen molar-refractivity contribution < 1.29 is 13.9 Å². The highest BCUT2D eigenvalue weighted by Gasteiger charge is 2.41. The zero-order valence-electron chi connectivity index (χ0n) is 11.3. The maximum atomic E-state index is 5.83. The number of hydrogen-bond donors (Lipinski definition) is 0. The molecule has 0 bridgehead atoms. The first-order chi connectivity index (χ1) is 8.24. The van der Waals surface area contributed by atoms with Gasteiger partial charge in [0.25, 0.3) is 0 Å². The van der Waals surface area contributed by atoms with E-state index < -0.39 is 8.32 Å². The van der Waals surface area contributed by atoms with Gasteiger partial charge in [0.05, 0.1) is 13.2 Å². The van der Waals surface area contributed by atoms with Crippen LogP contribution >= 0.6 is 0 Å². The van der Waals surface area contributed by atoms with E-state index in [4.69, 9.17) is 13.9 Å². The standard InChI is InChI=1S/C12H25NO3Si/c1-4-17(5-2,14-3)8-6-7-13(11-9-15-11)12-10-16-12/h11-12H,4-10H2,1-3H3. The highest BCUT2D eigenvalue weighted by Crippen LogP contribution is 2.28. The van der Waals surface area contributed by atoms with Crippen molar-refractivity contribution in [1.29, 1.82) is 0 Å². The van der Waals surface area contributed by atoms with Crippen molar-refractivity contribution in [1.82, 2.24) is 4.90 Å². The number of nitrogens with zero attached hydrogens (tertiary/aromatic N) is 1. The van der Waals surface area contributed by atoms with Crippen LogP contribution in [0.25, 0.3) is 0 Å². The Hall–Kier alpha value is 0.0569. The summed E-state index contributed by atoms with van der Waals surface area (Å²) in [7, 11) is 0.473. The Morgan fingerprint density at radius 1 is 1.18 bits per heavy atom. The lowest BCUT2D eigenvalue weighted by atomic mass is 10.4. The highest BCUT2D eigenvalue weighted by atomic mass is 28.4. The lowest BCUT2D eigenvalue weighted by Gasteiger charge is -2.28. The minimum Gasteiger partial charge on any atom is -0.420 e. The van der Waals surface area contributed by atoms with Crippen molar-refractivity contribution in [3.63, 3.8) is 0 Å². The summed E-state index contributed by atoms with van der Waals surface area (Å²) in [6.45, 7) is 7.39. The van der Waals surface area contributed by atoms with Crippen molar-refractivity contribution in [2.45, 2.75) is 50.9 Å². The molecule has 2 fully saturated rings. The molecule has 0 spiro atoms. The summed E-state index contributed by atoms with van der Waals surface area (Å²) in [5, 5.41) is 0. The van der Waals surface area contributed by atoms with Gasteiger partial charge in [-0.2, -0.15) is 0 Å². The fraction of sp³-hybridized carbons (Fsp3) is 1.00. The molecule has 5 heteroatoms. The molecule has 0 aromatic rings. The average Bonchev–Trinajstić information content (AvgIpc) is 3.23. The lowest BCUT2D eigenvalue weighted by Crippen LogP contribution is -2.37. The van der Waals surface area contributed by atoms with Gasteiger partial charge in [-0.05, 0) is 24.6 Å². The Kier molecular flexibility index (Phi) is 4.60. The molecule has 17 heavy (non-hydrogen) atoms. The third-order valence-electron chi connectivity index (χ3n) is 4.14. The van der Waals surface area contributed by atoms with Gasteiger partial charge in [-0.1, -0.05) is 13.8 Å². The van der Waals surface area contributed by atoms with Crippen molar-refractivity contribution in [2.24, 2.45) is 0 Å². The summed E-state index contributed by atoms with van der Waals surface area (Å²) in [5.41, 5.74) is 0.